The number of ketones is 1. The van der Waals surface area contributed by atoms with E-state index in [2.05, 4.69) is 15.9 Å². The molecule has 180 valence electrons. The molecule has 3 heterocycles. The lowest BCUT2D eigenvalue weighted by Crippen LogP contribution is -2.29. The van der Waals surface area contributed by atoms with Crippen LogP contribution in [0, 0.1) is 0 Å². The molecule has 5 rings (SSSR count). The lowest BCUT2D eigenvalue weighted by atomic mass is 9.94. The van der Waals surface area contributed by atoms with Crippen molar-refractivity contribution in [2.24, 2.45) is 0 Å². The summed E-state index contributed by atoms with van der Waals surface area (Å²) < 4.78 is 16.8. The Morgan fingerprint density at radius 2 is 2.03 bits per heavy atom. The molecule has 2 aliphatic rings. The molecule has 2 N–H and O–H groups in total. The average Bonchev–Trinajstić information content (AvgIpc) is 3.54. The van der Waals surface area contributed by atoms with Crippen LogP contribution in [0.1, 0.15) is 35.4 Å². The maximum Gasteiger partial charge on any atom is 0.296 e. The Balaban J connectivity index is 1.68. The monoisotopic (exact) mass is 539 g/mol. The number of fused-ring (bicyclic) bond motifs is 1. The topological polar surface area (TPSA) is 109 Å². The van der Waals surface area contributed by atoms with Crippen molar-refractivity contribution < 1.29 is 33.7 Å². The second kappa shape index (κ2) is 8.81. The molecule has 1 aromatic heterocycles. The first-order valence-corrected chi connectivity index (χ1v) is 11.7. The van der Waals surface area contributed by atoms with E-state index in [0.717, 1.165) is 11.3 Å². The highest BCUT2D eigenvalue weighted by molar-refractivity contribution is 9.10. The van der Waals surface area contributed by atoms with Crippen LogP contribution in [0.2, 0.25) is 0 Å². The van der Waals surface area contributed by atoms with E-state index in [-0.39, 0.29) is 35.5 Å². The lowest BCUT2D eigenvalue weighted by Gasteiger charge is -2.25. The summed E-state index contributed by atoms with van der Waals surface area (Å²) >= 11 is 3.31. The summed E-state index contributed by atoms with van der Waals surface area (Å²) in [5, 5.41) is 21.7. The predicted octanol–water partition coefficient (Wildman–Crippen LogP) is 4.70. The lowest BCUT2D eigenvalue weighted by molar-refractivity contribution is -0.140. The molecule has 9 heteroatoms. The van der Waals surface area contributed by atoms with Gasteiger partial charge in [-0.15, -0.1) is 0 Å². The minimum Gasteiger partial charge on any atom is -0.507 e. The molecule has 2 atom stereocenters. The molecular formula is C26H22BrNO7. The molecule has 8 nitrogen and oxygen atoms in total. The van der Waals surface area contributed by atoms with Crippen molar-refractivity contribution in [1.29, 1.82) is 0 Å². The SMILES string of the molecule is COc1cc([C@H]2C(=C(O)c3ccc4c(c3)C[C@H](C)O4)C(=O)C(=O)N2Cc2ccco2)cc(Br)c1O. The van der Waals surface area contributed by atoms with Gasteiger partial charge in [-0.2, -0.15) is 0 Å². The van der Waals surface area contributed by atoms with E-state index >= 15 is 0 Å². The number of carbonyl (C=O) groups excluding carboxylic acids is 2. The van der Waals surface area contributed by atoms with Crippen molar-refractivity contribution in [2.75, 3.05) is 7.11 Å². The van der Waals surface area contributed by atoms with Crippen LogP contribution in [-0.2, 0) is 22.6 Å². The highest BCUT2D eigenvalue weighted by Gasteiger charge is 2.47. The number of aromatic hydroxyl groups is 1. The number of aliphatic hydroxyl groups is 1. The van der Waals surface area contributed by atoms with E-state index in [9.17, 15) is 19.8 Å². The summed E-state index contributed by atoms with van der Waals surface area (Å²) in [7, 11) is 1.40. The van der Waals surface area contributed by atoms with Crippen LogP contribution < -0.4 is 9.47 Å². The van der Waals surface area contributed by atoms with E-state index in [1.807, 2.05) is 6.92 Å². The number of nitrogens with zero attached hydrogens (tertiary/aromatic N) is 1. The fourth-order valence-electron chi connectivity index (χ4n) is 4.59. The minimum absolute atomic E-state index is 0.00930. The van der Waals surface area contributed by atoms with E-state index in [1.165, 1.54) is 24.3 Å². The standard InChI is InChI=1S/C26H22BrNO7/c1-13-8-15-9-14(5-6-19(15)35-13)23(29)21-22(16-10-18(27)24(30)20(11-16)33-2)28(26(32)25(21)31)12-17-4-3-7-34-17/h3-7,9-11,13,22,29-30H,8,12H2,1-2H3/t13-,22-/m0/s1. The van der Waals surface area contributed by atoms with Crippen LogP contribution in [0.4, 0.5) is 0 Å². The molecule has 0 radical (unpaired) electrons. The highest BCUT2D eigenvalue weighted by atomic mass is 79.9. The van der Waals surface area contributed by atoms with Crippen molar-refractivity contribution in [3.8, 4) is 17.2 Å². The van der Waals surface area contributed by atoms with Gasteiger partial charge in [-0.3, -0.25) is 9.59 Å². The van der Waals surface area contributed by atoms with Crippen molar-refractivity contribution in [3.05, 3.63) is 81.2 Å². The zero-order valence-electron chi connectivity index (χ0n) is 18.9. The van der Waals surface area contributed by atoms with Gasteiger partial charge in [0.15, 0.2) is 11.5 Å². The largest absolute Gasteiger partial charge is 0.507 e. The molecule has 0 spiro atoms. The highest BCUT2D eigenvalue weighted by Crippen LogP contribution is 2.45. The number of carbonyl (C=O) groups is 2. The zero-order valence-corrected chi connectivity index (χ0v) is 20.5. The fraction of sp³-hybridized carbons (Fsp3) is 0.231. The maximum absolute atomic E-state index is 13.3. The molecule has 35 heavy (non-hydrogen) atoms. The number of hydrogen-bond donors (Lipinski definition) is 2. The molecule has 1 saturated heterocycles. The summed E-state index contributed by atoms with van der Waals surface area (Å²) in [4.78, 5) is 27.8. The second-order valence-corrected chi connectivity index (χ2v) is 9.37. The molecule has 2 aliphatic heterocycles. The molecular weight excluding hydrogens is 518 g/mol. The Kier molecular flexibility index (Phi) is 5.80. The third-order valence-electron chi connectivity index (χ3n) is 6.20. The summed E-state index contributed by atoms with van der Waals surface area (Å²) in [6, 6.07) is 10.8. The second-order valence-electron chi connectivity index (χ2n) is 8.52. The van der Waals surface area contributed by atoms with Gasteiger partial charge in [0.25, 0.3) is 11.7 Å². The van der Waals surface area contributed by atoms with Gasteiger partial charge in [-0.25, -0.2) is 0 Å². The number of halogens is 1. The van der Waals surface area contributed by atoms with Crippen molar-refractivity contribution in [1.82, 2.24) is 4.90 Å². The van der Waals surface area contributed by atoms with Crippen LogP contribution in [0.15, 0.2) is 63.2 Å². The summed E-state index contributed by atoms with van der Waals surface area (Å²) in [5.41, 5.74) is 1.73. The summed E-state index contributed by atoms with van der Waals surface area (Å²) in [5.74, 6) is -0.627. The normalized spacial score (nSPS) is 20.7. The van der Waals surface area contributed by atoms with Gasteiger partial charge in [-0.05, 0) is 76.4 Å². The number of rotatable bonds is 5. The van der Waals surface area contributed by atoms with Gasteiger partial charge in [-0.1, -0.05) is 0 Å². The van der Waals surface area contributed by atoms with E-state index < -0.39 is 17.7 Å². The van der Waals surface area contributed by atoms with Crippen LogP contribution in [-0.4, -0.2) is 40.0 Å². The Bertz CT molecular complexity index is 1360. The number of furan rings is 1. The number of phenolic OH excluding ortho intramolecular Hbond substituents is 1. The van der Waals surface area contributed by atoms with Crippen molar-refractivity contribution in [3.63, 3.8) is 0 Å². The number of aliphatic hydroxyl groups excluding tert-OH is 1. The van der Waals surface area contributed by atoms with E-state index in [1.54, 1.807) is 36.4 Å². The van der Waals surface area contributed by atoms with Crippen LogP contribution in [0.5, 0.6) is 17.2 Å². The molecule has 1 amide bonds. The van der Waals surface area contributed by atoms with Gasteiger partial charge in [0, 0.05) is 12.0 Å². The number of likely N-dealkylation sites (tertiary alicyclic amines) is 1. The molecule has 1 fully saturated rings. The Labute approximate surface area is 209 Å². The number of phenols is 1. The predicted molar refractivity (Wildman–Crippen MR) is 129 cm³/mol. The third kappa shape index (κ3) is 3.95. The number of ether oxygens (including phenoxy) is 2. The Hall–Kier alpha value is -3.72. The van der Waals surface area contributed by atoms with Gasteiger partial charge in [0.05, 0.1) is 36.0 Å². The molecule has 0 unspecified atom stereocenters. The van der Waals surface area contributed by atoms with Crippen LogP contribution in [0.3, 0.4) is 0 Å². The van der Waals surface area contributed by atoms with Crippen LogP contribution in [0.25, 0.3) is 5.76 Å². The Morgan fingerprint density at radius 3 is 2.74 bits per heavy atom. The molecule has 0 bridgehead atoms. The number of Topliss-reactive ketones (excluding diaryl/α,β-unsaturated/α-hetero) is 1. The van der Waals surface area contributed by atoms with Gasteiger partial charge in [0.2, 0.25) is 0 Å². The Morgan fingerprint density at radius 1 is 1.23 bits per heavy atom. The van der Waals surface area contributed by atoms with Gasteiger partial charge in [0.1, 0.15) is 23.4 Å². The summed E-state index contributed by atoms with van der Waals surface area (Å²) in [6.45, 7) is 1.96. The molecule has 2 aromatic carbocycles. The third-order valence-corrected chi connectivity index (χ3v) is 6.81. The van der Waals surface area contributed by atoms with Crippen molar-refractivity contribution in [2.45, 2.75) is 32.0 Å². The first kappa shape index (κ1) is 23.0. The zero-order chi connectivity index (χ0) is 24.9. The number of hydrogen-bond acceptors (Lipinski definition) is 7. The fourth-order valence-corrected chi connectivity index (χ4v) is 5.05. The quantitative estimate of drug-likeness (QED) is 0.274. The molecule has 0 saturated carbocycles. The van der Waals surface area contributed by atoms with E-state index in [0.29, 0.717) is 27.8 Å². The van der Waals surface area contributed by atoms with Crippen LogP contribution >= 0.6 is 15.9 Å². The molecule has 0 aliphatic carbocycles. The molecule has 3 aromatic rings. The van der Waals surface area contributed by atoms with Crippen molar-refractivity contribution >= 4 is 33.4 Å². The number of benzene rings is 2. The minimum atomic E-state index is -0.950. The van der Waals surface area contributed by atoms with Gasteiger partial charge >= 0.3 is 0 Å². The number of methoxy groups -OCH3 is 1. The smallest absolute Gasteiger partial charge is 0.296 e. The number of amides is 1. The first-order valence-electron chi connectivity index (χ1n) is 11.0. The van der Waals surface area contributed by atoms with Gasteiger partial charge < -0.3 is 29.0 Å². The van der Waals surface area contributed by atoms with E-state index in [4.69, 9.17) is 13.9 Å². The summed E-state index contributed by atoms with van der Waals surface area (Å²) in [6.07, 6.45) is 2.17. The average molecular weight is 540 g/mol. The maximum atomic E-state index is 13.3. The first-order chi connectivity index (χ1) is 16.8.